The lowest BCUT2D eigenvalue weighted by atomic mass is 10.3. The predicted molar refractivity (Wildman–Crippen MR) is 66.7 cm³/mol. The Kier molecular flexibility index (Phi) is 14.1. The number of aryl methyl sites for hydroxylation is 1. The van der Waals surface area contributed by atoms with Crippen LogP contribution in [0, 0.1) is 6.92 Å². The molecule has 3 N–H and O–H groups in total. The Bertz CT molecular complexity index is 207. The second kappa shape index (κ2) is 12.9. The molecule has 1 heterocycles. The van der Waals surface area contributed by atoms with Crippen LogP contribution in [0.2, 0.25) is 0 Å². The second-order valence-corrected chi connectivity index (χ2v) is 2.84. The molecule has 0 spiro atoms. The van der Waals surface area contributed by atoms with E-state index in [4.69, 9.17) is 10.8 Å². The predicted octanol–water partition coefficient (Wildman–Crippen LogP) is 2.78. The van der Waals surface area contributed by atoms with Gasteiger partial charge in [-0.25, -0.2) is 4.98 Å². The van der Waals surface area contributed by atoms with E-state index in [1.54, 1.807) is 6.20 Å². The molecular formula is C12H24N2O. The van der Waals surface area contributed by atoms with Crippen molar-refractivity contribution >= 4 is 5.82 Å². The Hall–Kier alpha value is -1.09. The average Bonchev–Trinajstić information content (AvgIpc) is 2.22. The number of hydrogen-bond acceptors (Lipinski definition) is 3. The highest BCUT2D eigenvalue weighted by Crippen LogP contribution is 1.98. The Morgan fingerprint density at radius 2 is 2.00 bits per heavy atom. The van der Waals surface area contributed by atoms with Crippen LogP contribution in [0.25, 0.3) is 0 Å². The van der Waals surface area contributed by atoms with Crippen molar-refractivity contribution in [3.8, 4) is 0 Å². The van der Waals surface area contributed by atoms with Crippen LogP contribution in [0.15, 0.2) is 18.3 Å². The summed E-state index contributed by atoms with van der Waals surface area (Å²) in [5.74, 6) is 0.588. The van der Waals surface area contributed by atoms with E-state index in [9.17, 15) is 0 Å². The summed E-state index contributed by atoms with van der Waals surface area (Å²) in [4.78, 5) is 3.82. The molecule has 0 fully saturated rings. The van der Waals surface area contributed by atoms with Gasteiger partial charge in [-0.1, -0.05) is 27.2 Å². The lowest BCUT2D eigenvalue weighted by Crippen LogP contribution is -1.87. The number of anilines is 1. The number of aromatic nitrogens is 1. The fourth-order valence-corrected chi connectivity index (χ4v) is 0.718. The maximum absolute atomic E-state index is 8.07. The first kappa shape index (κ1) is 16.3. The van der Waals surface area contributed by atoms with Gasteiger partial charge in [-0.3, -0.25) is 0 Å². The molecule has 0 saturated heterocycles. The van der Waals surface area contributed by atoms with Crippen LogP contribution in [0.5, 0.6) is 0 Å². The highest BCUT2D eigenvalue weighted by atomic mass is 16.2. The van der Waals surface area contributed by atoms with E-state index in [0.717, 1.165) is 18.4 Å². The van der Waals surface area contributed by atoms with E-state index in [0.29, 0.717) is 12.4 Å². The van der Waals surface area contributed by atoms with Crippen molar-refractivity contribution in [3.63, 3.8) is 0 Å². The number of hydrogen-bond donors (Lipinski definition) is 2. The minimum absolute atomic E-state index is 0.344. The molecule has 0 radical (unpaired) electrons. The Labute approximate surface area is 93.4 Å². The van der Waals surface area contributed by atoms with E-state index in [1.807, 2.05) is 32.9 Å². The molecule has 0 aliphatic heterocycles. The van der Waals surface area contributed by atoms with E-state index in [-0.39, 0.29) is 0 Å². The molecule has 88 valence electrons. The summed E-state index contributed by atoms with van der Waals surface area (Å²) in [6.07, 6.45) is 3.74. The number of pyridine rings is 1. The van der Waals surface area contributed by atoms with Gasteiger partial charge in [0.1, 0.15) is 5.82 Å². The first-order valence-corrected chi connectivity index (χ1v) is 5.49. The lowest BCUT2D eigenvalue weighted by Gasteiger charge is -1.90. The highest BCUT2D eigenvalue weighted by molar-refractivity contribution is 5.30. The van der Waals surface area contributed by atoms with E-state index in [2.05, 4.69) is 11.9 Å². The summed E-state index contributed by atoms with van der Waals surface area (Å²) in [6, 6.07) is 3.75. The molecule has 0 saturated carbocycles. The third kappa shape index (κ3) is 12.9. The Morgan fingerprint density at radius 1 is 1.40 bits per heavy atom. The van der Waals surface area contributed by atoms with Gasteiger partial charge in [-0.2, -0.15) is 0 Å². The summed E-state index contributed by atoms with van der Waals surface area (Å²) in [7, 11) is 0. The third-order valence-electron chi connectivity index (χ3n) is 1.45. The number of unbranched alkanes of at least 4 members (excludes halogenated alkanes) is 1. The van der Waals surface area contributed by atoms with Crippen LogP contribution in [0.1, 0.15) is 39.2 Å². The minimum atomic E-state index is 0.344. The molecule has 0 aliphatic carbocycles. The zero-order valence-electron chi connectivity index (χ0n) is 10.3. The van der Waals surface area contributed by atoms with Crippen LogP contribution >= 0.6 is 0 Å². The van der Waals surface area contributed by atoms with Crippen molar-refractivity contribution < 1.29 is 5.11 Å². The van der Waals surface area contributed by atoms with Gasteiger partial charge in [0, 0.05) is 12.8 Å². The molecule has 0 aliphatic rings. The first-order valence-electron chi connectivity index (χ1n) is 5.49. The molecule has 0 unspecified atom stereocenters. The minimum Gasteiger partial charge on any atom is -0.396 e. The largest absolute Gasteiger partial charge is 0.396 e. The number of aliphatic hydroxyl groups excluding tert-OH is 1. The molecule has 3 heteroatoms. The number of rotatable bonds is 2. The fraction of sp³-hybridized carbons (Fsp3) is 0.583. The smallest absolute Gasteiger partial charge is 0.123 e. The normalized spacial score (nSPS) is 8.07. The van der Waals surface area contributed by atoms with Gasteiger partial charge in [0.05, 0.1) is 0 Å². The van der Waals surface area contributed by atoms with Crippen LogP contribution in [0.4, 0.5) is 5.82 Å². The summed E-state index contributed by atoms with van der Waals surface area (Å²) in [5.41, 5.74) is 6.50. The van der Waals surface area contributed by atoms with Crippen LogP contribution in [-0.2, 0) is 0 Å². The number of nitrogens with two attached hydrogens (primary N) is 1. The summed E-state index contributed by atoms with van der Waals surface area (Å²) in [6.45, 7) is 8.38. The third-order valence-corrected chi connectivity index (χ3v) is 1.45. The van der Waals surface area contributed by atoms with Crippen LogP contribution < -0.4 is 5.73 Å². The van der Waals surface area contributed by atoms with Gasteiger partial charge >= 0.3 is 0 Å². The van der Waals surface area contributed by atoms with Gasteiger partial charge in [0.2, 0.25) is 0 Å². The molecule has 1 rings (SSSR count). The highest BCUT2D eigenvalue weighted by Gasteiger charge is 1.82. The van der Waals surface area contributed by atoms with Crippen molar-refractivity contribution in [2.24, 2.45) is 0 Å². The maximum atomic E-state index is 8.07. The average molecular weight is 212 g/mol. The first-order chi connectivity index (χ1) is 7.20. The molecule has 3 nitrogen and oxygen atoms in total. The number of nitrogen functional groups attached to an aromatic ring is 1. The summed E-state index contributed by atoms with van der Waals surface area (Å²) < 4.78 is 0. The molecule has 0 aromatic carbocycles. The van der Waals surface area contributed by atoms with Gasteiger partial charge in [-0.15, -0.1) is 0 Å². The van der Waals surface area contributed by atoms with Crippen LogP contribution in [0.3, 0.4) is 0 Å². The zero-order valence-corrected chi connectivity index (χ0v) is 10.3. The maximum Gasteiger partial charge on any atom is 0.123 e. The SMILES string of the molecule is CC.CCCCO.Cc1ccnc(N)c1. The van der Waals surface area contributed by atoms with Crippen molar-refractivity contribution in [2.45, 2.75) is 40.5 Å². The van der Waals surface area contributed by atoms with Gasteiger partial charge < -0.3 is 10.8 Å². The second-order valence-electron chi connectivity index (χ2n) is 2.84. The van der Waals surface area contributed by atoms with E-state index < -0.39 is 0 Å². The zero-order chi connectivity index (χ0) is 12.1. The molecular weight excluding hydrogens is 188 g/mol. The summed E-state index contributed by atoms with van der Waals surface area (Å²) in [5, 5.41) is 8.07. The molecule has 0 bridgehead atoms. The Morgan fingerprint density at radius 3 is 2.20 bits per heavy atom. The molecule has 0 amide bonds. The molecule has 15 heavy (non-hydrogen) atoms. The van der Waals surface area contributed by atoms with Crippen LogP contribution in [-0.4, -0.2) is 16.7 Å². The molecule has 0 atom stereocenters. The van der Waals surface area contributed by atoms with Gasteiger partial charge in [0.25, 0.3) is 0 Å². The van der Waals surface area contributed by atoms with E-state index >= 15 is 0 Å². The quantitative estimate of drug-likeness (QED) is 0.792. The summed E-state index contributed by atoms with van der Waals surface area (Å²) >= 11 is 0. The number of aliphatic hydroxyl groups is 1. The lowest BCUT2D eigenvalue weighted by molar-refractivity contribution is 0.287. The number of nitrogens with zero attached hydrogens (tertiary/aromatic N) is 1. The molecule has 1 aromatic heterocycles. The van der Waals surface area contributed by atoms with E-state index in [1.165, 1.54) is 0 Å². The van der Waals surface area contributed by atoms with Crippen molar-refractivity contribution in [1.82, 2.24) is 4.98 Å². The van der Waals surface area contributed by atoms with Crippen molar-refractivity contribution in [1.29, 1.82) is 0 Å². The fourth-order valence-electron chi connectivity index (χ4n) is 0.718. The van der Waals surface area contributed by atoms with Gasteiger partial charge in [-0.05, 0) is 31.0 Å². The van der Waals surface area contributed by atoms with Crippen molar-refractivity contribution in [3.05, 3.63) is 23.9 Å². The molecule has 1 aromatic rings. The standard InChI is InChI=1S/C6H8N2.C4H10O.C2H6/c1-5-2-3-8-6(7)4-5;1-2-3-4-5;1-2/h2-4H,1H3,(H2,7,8);5H,2-4H2,1H3;1-2H3. The monoisotopic (exact) mass is 212 g/mol. The van der Waals surface area contributed by atoms with Gasteiger partial charge in [0.15, 0.2) is 0 Å². The Balaban J connectivity index is 0. The topological polar surface area (TPSA) is 59.1 Å². The van der Waals surface area contributed by atoms with Crippen molar-refractivity contribution in [2.75, 3.05) is 12.3 Å².